The maximum Gasteiger partial charge on any atom is 0.415 e. The fraction of sp³-hybridized carbons (Fsp3) is 0.581. The van der Waals surface area contributed by atoms with Crippen molar-refractivity contribution in [2.45, 2.75) is 104 Å². The third kappa shape index (κ3) is 10.3. The molecule has 0 radical (unpaired) electrons. The average molecular weight is 664 g/mol. The summed E-state index contributed by atoms with van der Waals surface area (Å²) in [6.45, 7) is 20.9. The number of amides is 2. The van der Waals surface area contributed by atoms with Crippen LogP contribution >= 0.6 is 34.2 Å². The van der Waals surface area contributed by atoms with Crippen LogP contribution in [0.25, 0.3) is 10.2 Å². The van der Waals surface area contributed by atoms with Crippen molar-refractivity contribution in [2.24, 2.45) is 0 Å². The summed E-state index contributed by atoms with van der Waals surface area (Å²) in [4.78, 5) is 31.9. The summed E-state index contributed by atoms with van der Waals surface area (Å²) in [5.41, 5.74) is 0.478. The molecular weight excluding hydrogens is 619 g/mol. The number of thiophene rings is 2. The summed E-state index contributed by atoms with van der Waals surface area (Å²) >= 11 is 4.41. The number of terminal acetylenes is 1. The molecular formula is C31H45N3O5S3Si. The number of aryl methyl sites for hydroxylation is 1. The number of hydrogen-bond acceptors (Lipinski definition) is 9. The minimum atomic E-state index is -1.31. The van der Waals surface area contributed by atoms with Gasteiger partial charge in [-0.15, -0.1) is 29.1 Å². The Morgan fingerprint density at radius 1 is 1.09 bits per heavy atom. The summed E-state index contributed by atoms with van der Waals surface area (Å²) in [5, 5.41) is 2.72. The van der Waals surface area contributed by atoms with Crippen molar-refractivity contribution in [2.75, 3.05) is 18.2 Å². The molecule has 0 aliphatic heterocycles. The van der Waals surface area contributed by atoms with E-state index in [1.807, 2.05) is 66.0 Å². The van der Waals surface area contributed by atoms with Gasteiger partial charge in [0.25, 0.3) is 0 Å². The van der Waals surface area contributed by atoms with Gasteiger partial charge in [-0.2, -0.15) is 4.37 Å². The van der Waals surface area contributed by atoms with Crippen molar-refractivity contribution < 1.29 is 23.8 Å². The molecule has 8 nitrogen and oxygen atoms in total. The number of hydrogen-bond donors (Lipinski definition) is 0. The van der Waals surface area contributed by atoms with Crippen molar-refractivity contribution in [3.8, 4) is 12.3 Å². The van der Waals surface area contributed by atoms with Gasteiger partial charge < -0.3 is 14.2 Å². The van der Waals surface area contributed by atoms with E-state index in [9.17, 15) is 9.59 Å². The quantitative estimate of drug-likeness (QED) is 0.0883. The minimum absolute atomic E-state index is 0.0449. The highest BCUT2D eigenvalue weighted by Crippen LogP contribution is 2.42. The fourth-order valence-electron chi connectivity index (χ4n) is 3.96. The highest BCUT2D eigenvalue weighted by atomic mass is 32.1. The van der Waals surface area contributed by atoms with Crippen LogP contribution in [0.4, 0.5) is 14.6 Å². The second-order valence-electron chi connectivity index (χ2n) is 13.6. The Kier molecular flexibility index (Phi) is 11.5. The molecule has 0 bridgehead atoms. The number of carbonyl (C=O) groups is 2. The van der Waals surface area contributed by atoms with E-state index < -0.39 is 37.5 Å². The van der Waals surface area contributed by atoms with Gasteiger partial charge in [0.1, 0.15) is 34.5 Å². The van der Waals surface area contributed by atoms with Gasteiger partial charge >= 0.3 is 12.2 Å². The molecule has 2 amide bonds. The third-order valence-corrected chi connectivity index (χ3v) is 11.1. The van der Waals surface area contributed by atoms with Crippen molar-refractivity contribution in [3.05, 3.63) is 32.8 Å². The summed E-state index contributed by atoms with van der Waals surface area (Å²) in [5.74, 6) is 2.81. The molecule has 0 aliphatic carbocycles. The van der Waals surface area contributed by atoms with Gasteiger partial charge in [-0.05, 0) is 83.1 Å². The van der Waals surface area contributed by atoms with E-state index in [0.717, 1.165) is 36.6 Å². The first-order valence-corrected chi connectivity index (χ1v) is 20.5. The fourth-order valence-corrected chi connectivity index (χ4v) is 7.76. The molecule has 3 rings (SSSR count). The lowest BCUT2D eigenvalue weighted by Crippen LogP contribution is -2.45. The van der Waals surface area contributed by atoms with Gasteiger partial charge in [0.2, 0.25) is 0 Å². The van der Waals surface area contributed by atoms with Crippen LogP contribution < -0.4 is 4.90 Å². The van der Waals surface area contributed by atoms with Crippen molar-refractivity contribution in [1.82, 2.24) is 9.27 Å². The Bertz CT molecular complexity index is 1420. The molecule has 0 aliphatic rings. The minimum Gasteiger partial charge on any atom is -0.444 e. The molecule has 12 heteroatoms. The Labute approximate surface area is 269 Å². The van der Waals surface area contributed by atoms with Crippen molar-refractivity contribution >= 4 is 69.7 Å². The molecule has 0 unspecified atom stereocenters. The van der Waals surface area contributed by atoms with E-state index in [1.54, 1.807) is 27.6 Å². The largest absolute Gasteiger partial charge is 0.444 e. The lowest BCUT2D eigenvalue weighted by Gasteiger charge is -2.31. The molecule has 0 aromatic carbocycles. The van der Waals surface area contributed by atoms with Gasteiger partial charge in [0.15, 0.2) is 0 Å². The second-order valence-corrected chi connectivity index (χ2v) is 22.2. The zero-order valence-corrected chi connectivity index (χ0v) is 30.5. The maximum absolute atomic E-state index is 13.4. The van der Waals surface area contributed by atoms with Gasteiger partial charge in [-0.1, -0.05) is 31.6 Å². The lowest BCUT2D eigenvalue weighted by atomic mass is 10.1. The van der Waals surface area contributed by atoms with Crippen molar-refractivity contribution in [3.63, 3.8) is 0 Å². The molecule has 0 spiro atoms. The topological polar surface area (TPSA) is 81.2 Å². The average Bonchev–Trinajstić information content (AvgIpc) is 3.58. The van der Waals surface area contributed by atoms with Crippen LogP contribution in [-0.4, -0.2) is 60.1 Å². The van der Waals surface area contributed by atoms with Gasteiger partial charge in [-0.3, -0.25) is 9.80 Å². The van der Waals surface area contributed by atoms with E-state index in [1.165, 1.54) is 16.4 Å². The first-order valence-electron chi connectivity index (χ1n) is 14.3. The van der Waals surface area contributed by atoms with Crippen LogP contribution in [0, 0.1) is 19.3 Å². The molecule has 0 saturated heterocycles. The molecule has 3 aromatic rings. The van der Waals surface area contributed by atoms with Crippen LogP contribution in [0.15, 0.2) is 17.5 Å². The third-order valence-electron chi connectivity index (χ3n) is 6.19. The molecule has 43 heavy (non-hydrogen) atoms. The first kappa shape index (κ1) is 35.1. The number of anilines is 1. The Morgan fingerprint density at radius 3 is 2.30 bits per heavy atom. The number of ether oxygens (including phenoxy) is 3. The zero-order valence-electron chi connectivity index (χ0n) is 27.0. The molecule has 236 valence electrons. The monoisotopic (exact) mass is 663 g/mol. The second kappa shape index (κ2) is 14.1. The number of aromatic nitrogens is 1. The Hall–Kier alpha value is -2.43. The van der Waals surface area contributed by atoms with Crippen LogP contribution in [0.1, 0.15) is 56.9 Å². The van der Waals surface area contributed by atoms with Gasteiger partial charge in [-0.25, -0.2) is 9.59 Å². The molecule has 3 heterocycles. The smallest absolute Gasteiger partial charge is 0.415 e. The van der Waals surface area contributed by atoms with Gasteiger partial charge in [0, 0.05) is 30.9 Å². The van der Waals surface area contributed by atoms with Crippen molar-refractivity contribution in [1.29, 1.82) is 0 Å². The van der Waals surface area contributed by atoms with Crippen LogP contribution in [0.5, 0.6) is 0 Å². The highest BCUT2D eigenvalue weighted by Gasteiger charge is 2.32. The van der Waals surface area contributed by atoms with E-state index in [0.29, 0.717) is 19.6 Å². The maximum atomic E-state index is 13.4. The molecule has 0 N–H and O–H groups in total. The molecule has 0 fully saturated rings. The number of carbonyl (C=O) groups excluding carboxylic acids is 2. The van der Waals surface area contributed by atoms with E-state index in [4.69, 9.17) is 25.0 Å². The predicted octanol–water partition coefficient (Wildman–Crippen LogP) is 8.76. The summed E-state index contributed by atoms with van der Waals surface area (Å²) in [6, 6.07) is 4.35. The normalized spacial score (nSPS) is 13.0. The van der Waals surface area contributed by atoms with E-state index in [-0.39, 0.29) is 6.73 Å². The van der Waals surface area contributed by atoms with E-state index in [2.05, 4.69) is 25.6 Å². The predicted molar refractivity (Wildman–Crippen MR) is 182 cm³/mol. The van der Waals surface area contributed by atoms with Crippen LogP contribution in [0.3, 0.4) is 0 Å². The summed E-state index contributed by atoms with van der Waals surface area (Å²) in [6.07, 6.45) is 5.51. The SMILES string of the molecule is C#C[C@@H](Cc1sc2c(N(Cc3cccs3)C(=O)OC(C)(C)C)snc2c1C)N(COCC[Si](C)(C)C)C(=O)OC(C)(C)C. The number of nitrogens with zero attached hydrogens (tertiary/aromatic N) is 3. The standard InChI is InChI=1S/C31H45N3O5S3Si/c1-12-22(34(29(36)39-31(6,7)8)20-37-15-17-43(9,10)11)18-24-21(2)25-26(41-24)27(42-32-25)33(19-23-14-13-16-40-23)28(35)38-30(3,4)5/h1,13-14,16,22H,15,17-20H2,2-11H3/t22-/m0/s1. The van der Waals surface area contributed by atoms with E-state index >= 15 is 0 Å². The Morgan fingerprint density at radius 2 is 1.74 bits per heavy atom. The molecule has 0 saturated carbocycles. The van der Waals surface area contributed by atoms with Crippen LogP contribution in [0.2, 0.25) is 25.7 Å². The first-order chi connectivity index (χ1) is 19.9. The number of fused-ring (bicyclic) bond motifs is 1. The summed E-state index contributed by atoms with van der Waals surface area (Å²) in [7, 11) is -1.31. The zero-order chi connectivity index (χ0) is 32.2. The Balaban J connectivity index is 1.93. The molecule has 3 aromatic heterocycles. The number of rotatable bonds is 11. The molecule has 1 atom stereocenters. The highest BCUT2D eigenvalue weighted by molar-refractivity contribution is 7.25. The van der Waals surface area contributed by atoms with Crippen LogP contribution in [-0.2, 0) is 27.2 Å². The van der Waals surface area contributed by atoms with Gasteiger partial charge in [0.05, 0.1) is 11.2 Å². The summed E-state index contributed by atoms with van der Waals surface area (Å²) < 4.78 is 23.1. The lowest BCUT2D eigenvalue weighted by molar-refractivity contribution is -0.0183.